The average molecular weight is 313 g/mol. The van der Waals surface area contributed by atoms with Gasteiger partial charge in [-0.25, -0.2) is 0 Å². The highest BCUT2D eigenvalue weighted by molar-refractivity contribution is 5.96. The quantitative estimate of drug-likeness (QED) is 0.870. The van der Waals surface area contributed by atoms with Crippen molar-refractivity contribution in [2.45, 2.75) is 39.5 Å². The van der Waals surface area contributed by atoms with Crippen LogP contribution in [0.3, 0.4) is 0 Å². The van der Waals surface area contributed by atoms with Crippen LogP contribution in [0.4, 0.5) is 0 Å². The summed E-state index contributed by atoms with van der Waals surface area (Å²) in [6.07, 6.45) is 7.60. The molecule has 122 valence electrons. The van der Waals surface area contributed by atoms with Crippen molar-refractivity contribution in [2.24, 2.45) is 5.92 Å². The number of nitrogens with zero attached hydrogens (tertiary/aromatic N) is 3. The third-order valence-electron chi connectivity index (χ3n) is 4.54. The van der Waals surface area contributed by atoms with Crippen molar-refractivity contribution in [1.82, 2.24) is 15.0 Å². The van der Waals surface area contributed by atoms with E-state index in [0.29, 0.717) is 23.7 Å². The molecule has 0 spiro atoms. The van der Waals surface area contributed by atoms with Crippen LogP contribution < -0.4 is 0 Å². The first-order chi connectivity index (χ1) is 11.2. The Hall–Kier alpha value is -2.17. The molecule has 1 amide bonds. The molecule has 1 saturated heterocycles. The van der Waals surface area contributed by atoms with Crippen molar-refractivity contribution in [1.29, 1.82) is 0 Å². The van der Waals surface area contributed by atoms with Crippen molar-refractivity contribution in [2.75, 3.05) is 13.1 Å². The van der Waals surface area contributed by atoms with Gasteiger partial charge in [0.25, 0.3) is 5.91 Å². The van der Waals surface area contributed by atoms with Crippen LogP contribution in [0.2, 0.25) is 0 Å². The second-order valence-electron chi connectivity index (χ2n) is 6.24. The van der Waals surface area contributed by atoms with Crippen molar-refractivity contribution in [3.05, 3.63) is 47.1 Å². The topological polar surface area (TPSA) is 59.2 Å². The van der Waals surface area contributed by atoms with E-state index in [1.165, 1.54) is 5.56 Å². The Kier molecular flexibility index (Phi) is 4.74. The molecule has 5 nitrogen and oxygen atoms in total. The lowest BCUT2D eigenvalue weighted by molar-refractivity contribution is 0.0670. The Labute approximate surface area is 136 Å². The zero-order valence-corrected chi connectivity index (χ0v) is 13.8. The zero-order valence-electron chi connectivity index (χ0n) is 13.8. The minimum atomic E-state index is 0.0662. The van der Waals surface area contributed by atoms with Gasteiger partial charge in [0.05, 0.1) is 5.69 Å². The molecule has 0 bridgehead atoms. The molecular formula is C18H23N3O2. The van der Waals surface area contributed by atoms with Gasteiger partial charge >= 0.3 is 0 Å². The normalized spacial score (nSPS) is 18.2. The Morgan fingerprint density at radius 3 is 3.09 bits per heavy atom. The van der Waals surface area contributed by atoms with E-state index in [4.69, 9.17) is 4.52 Å². The van der Waals surface area contributed by atoms with Crippen molar-refractivity contribution >= 4 is 5.91 Å². The number of amides is 1. The first-order valence-electron chi connectivity index (χ1n) is 8.32. The van der Waals surface area contributed by atoms with Crippen LogP contribution >= 0.6 is 0 Å². The molecule has 23 heavy (non-hydrogen) atoms. The molecule has 1 aliphatic heterocycles. The summed E-state index contributed by atoms with van der Waals surface area (Å²) in [5.74, 6) is 1.18. The lowest BCUT2D eigenvalue weighted by Gasteiger charge is -2.33. The summed E-state index contributed by atoms with van der Waals surface area (Å²) in [7, 11) is 0. The predicted molar refractivity (Wildman–Crippen MR) is 87.2 cm³/mol. The summed E-state index contributed by atoms with van der Waals surface area (Å²) in [5.41, 5.74) is 2.67. The number of hydrogen-bond acceptors (Lipinski definition) is 4. The maximum Gasteiger partial charge on any atom is 0.259 e. The van der Waals surface area contributed by atoms with Gasteiger partial charge in [0, 0.05) is 25.5 Å². The minimum Gasteiger partial charge on any atom is -0.361 e. The summed E-state index contributed by atoms with van der Waals surface area (Å²) in [4.78, 5) is 19.0. The molecule has 0 saturated carbocycles. The number of piperidine rings is 1. The third-order valence-corrected chi connectivity index (χ3v) is 4.54. The molecule has 2 aromatic rings. The SMILES string of the molecule is CCc1noc(C)c1C(=O)N1CCCC(Cc2cccnc2)C1. The van der Waals surface area contributed by atoms with E-state index in [9.17, 15) is 4.79 Å². The van der Waals surface area contributed by atoms with Crippen molar-refractivity contribution < 1.29 is 9.32 Å². The molecular weight excluding hydrogens is 290 g/mol. The maximum absolute atomic E-state index is 12.9. The molecule has 1 fully saturated rings. The highest BCUT2D eigenvalue weighted by Crippen LogP contribution is 2.24. The van der Waals surface area contributed by atoms with Crippen molar-refractivity contribution in [3.63, 3.8) is 0 Å². The van der Waals surface area contributed by atoms with Crippen LogP contribution in [0.15, 0.2) is 29.0 Å². The van der Waals surface area contributed by atoms with Gasteiger partial charge in [-0.3, -0.25) is 9.78 Å². The number of hydrogen-bond donors (Lipinski definition) is 0. The lowest BCUT2D eigenvalue weighted by atomic mass is 9.91. The molecule has 3 rings (SSSR count). The number of aromatic nitrogens is 2. The zero-order chi connectivity index (χ0) is 16.2. The molecule has 1 atom stereocenters. The lowest BCUT2D eigenvalue weighted by Crippen LogP contribution is -2.41. The van der Waals surface area contributed by atoms with Gasteiger partial charge in [0.1, 0.15) is 11.3 Å². The highest BCUT2D eigenvalue weighted by Gasteiger charge is 2.28. The van der Waals surface area contributed by atoms with E-state index in [-0.39, 0.29) is 5.91 Å². The second-order valence-corrected chi connectivity index (χ2v) is 6.24. The Morgan fingerprint density at radius 2 is 2.35 bits per heavy atom. The Bertz CT molecular complexity index is 666. The van der Waals surface area contributed by atoms with E-state index in [2.05, 4.69) is 16.2 Å². The van der Waals surface area contributed by atoms with Gasteiger partial charge in [-0.05, 0) is 50.2 Å². The van der Waals surface area contributed by atoms with Crippen LogP contribution in [0.1, 0.15) is 47.1 Å². The summed E-state index contributed by atoms with van der Waals surface area (Å²) < 4.78 is 5.22. The minimum absolute atomic E-state index is 0.0662. The van der Waals surface area contributed by atoms with Gasteiger partial charge < -0.3 is 9.42 Å². The van der Waals surface area contributed by atoms with E-state index in [0.717, 1.165) is 38.0 Å². The average Bonchev–Trinajstić information content (AvgIpc) is 2.96. The number of likely N-dealkylation sites (tertiary alicyclic amines) is 1. The highest BCUT2D eigenvalue weighted by atomic mass is 16.5. The van der Waals surface area contributed by atoms with E-state index in [1.807, 2.05) is 31.0 Å². The van der Waals surface area contributed by atoms with Gasteiger partial charge in [0.15, 0.2) is 0 Å². The van der Waals surface area contributed by atoms with E-state index >= 15 is 0 Å². The summed E-state index contributed by atoms with van der Waals surface area (Å²) in [6.45, 7) is 5.42. The molecule has 3 heterocycles. The van der Waals surface area contributed by atoms with Crippen LogP contribution in [0.5, 0.6) is 0 Å². The van der Waals surface area contributed by atoms with E-state index in [1.54, 1.807) is 6.20 Å². The smallest absolute Gasteiger partial charge is 0.259 e. The first kappa shape index (κ1) is 15.7. The van der Waals surface area contributed by atoms with Crippen LogP contribution in [0, 0.1) is 12.8 Å². The number of carbonyl (C=O) groups excluding carboxylic acids is 1. The Balaban J connectivity index is 1.70. The first-order valence-corrected chi connectivity index (χ1v) is 8.32. The standard InChI is InChI=1S/C18H23N3O2/c1-3-16-17(13(2)23-20-16)18(22)21-9-5-7-15(12-21)10-14-6-4-8-19-11-14/h4,6,8,11,15H,3,5,7,9-10,12H2,1-2H3. The van der Waals surface area contributed by atoms with Crippen LogP contribution in [-0.2, 0) is 12.8 Å². The van der Waals surface area contributed by atoms with Crippen LogP contribution in [0.25, 0.3) is 0 Å². The number of pyridine rings is 1. The Morgan fingerprint density at radius 1 is 1.48 bits per heavy atom. The molecule has 2 aromatic heterocycles. The fourth-order valence-electron chi connectivity index (χ4n) is 3.36. The molecule has 0 radical (unpaired) electrons. The van der Waals surface area contributed by atoms with Gasteiger partial charge in [-0.2, -0.15) is 0 Å². The molecule has 0 N–H and O–H groups in total. The molecule has 1 unspecified atom stereocenters. The maximum atomic E-state index is 12.9. The molecule has 0 aromatic carbocycles. The number of aryl methyl sites for hydroxylation is 2. The van der Waals surface area contributed by atoms with Gasteiger partial charge in [-0.15, -0.1) is 0 Å². The fraction of sp³-hybridized carbons (Fsp3) is 0.500. The number of rotatable bonds is 4. The third kappa shape index (κ3) is 3.44. The molecule has 5 heteroatoms. The van der Waals surface area contributed by atoms with Crippen LogP contribution in [-0.4, -0.2) is 34.0 Å². The summed E-state index contributed by atoms with van der Waals surface area (Å²) in [6, 6.07) is 4.07. The predicted octanol–water partition coefficient (Wildman–Crippen LogP) is 3.04. The second kappa shape index (κ2) is 6.94. The van der Waals surface area contributed by atoms with E-state index < -0.39 is 0 Å². The fourth-order valence-corrected chi connectivity index (χ4v) is 3.36. The summed E-state index contributed by atoms with van der Waals surface area (Å²) in [5, 5.41) is 4.01. The largest absolute Gasteiger partial charge is 0.361 e. The summed E-state index contributed by atoms with van der Waals surface area (Å²) >= 11 is 0. The van der Waals surface area contributed by atoms with Gasteiger partial charge in [0.2, 0.25) is 0 Å². The van der Waals surface area contributed by atoms with Gasteiger partial charge in [-0.1, -0.05) is 18.1 Å². The number of carbonyl (C=O) groups is 1. The molecule has 0 aliphatic carbocycles. The monoisotopic (exact) mass is 313 g/mol. The van der Waals surface area contributed by atoms with Crippen molar-refractivity contribution in [3.8, 4) is 0 Å². The molecule has 1 aliphatic rings.